The Morgan fingerprint density at radius 3 is 2.12 bits per heavy atom. The van der Waals surface area contributed by atoms with Crippen LogP contribution in [0, 0.1) is 0 Å². The van der Waals surface area contributed by atoms with E-state index in [1.54, 1.807) is 0 Å². The third-order valence-electron chi connectivity index (χ3n) is 2.50. The van der Waals surface area contributed by atoms with E-state index in [0.29, 0.717) is 13.2 Å². The first-order valence-corrected chi connectivity index (χ1v) is 6.77. The molecule has 1 atom stereocenters. The average Bonchev–Trinajstić information content (AvgIpc) is 2.32. The molecule has 0 aliphatic rings. The zero-order valence-corrected chi connectivity index (χ0v) is 12.2. The van der Waals surface area contributed by atoms with E-state index in [2.05, 4.69) is 22.9 Å². The van der Waals surface area contributed by atoms with E-state index >= 15 is 0 Å². The number of nitrogens with two attached hydrogens (primary N) is 1. The lowest BCUT2D eigenvalue weighted by molar-refractivity contribution is 0.287. The lowest BCUT2D eigenvalue weighted by Crippen LogP contribution is -2.10. The Bertz CT molecular complexity index is 369. The van der Waals surface area contributed by atoms with Crippen molar-refractivity contribution in [2.45, 2.75) is 33.2 Å². The molecule has 17 heavy (non-hydrogen) atoms. The number of hydrogen-bond acceptors (Lipinski definition) is 3. The van der Waals surface area contributed by atoms with Gasteiger partial charge in [0.05, 0.1) is 13.2 Å². The summed E-state index contributed by atoms with van der Waals surface area (Å²) in [5.41, 5.74) is 7.11. The van der Waals surface area contributed by atoms with Crippen molar-refractivity contribution in [2.24, 2.45) is 5.73 Å². The van der Waals surface area contributed by atoms with Crippen LogP contribution in [0.4, 0.5) is 0 Å². The highest BCUT2D eigenvalue weighted by atomic mass is 79.9. The van der Waals surface area contributed by atoms with Crippen LogP contribution >= 0.6 is 15.9 Å². The quantitative estimate of drug-likeness (QED) is 0.872. The zero-order chi connectivity index (χ0) is 12.8. The largest absolute Gasteiger partial charge is 0.490 e. The van der Waals surface area contributed by atoms with Crippen LogP contribution in [0.2, 0.25) is 0 Å². The molecule has 1 rings (SSSR count). The fourth-order valence-electron chi connectivity index (χ4n) is 1.59. The van der Waals surface area contributed by atoms with Crippen LogP contribution in [0.3, 0.4) is 0 Å². The lowest BCUT2D eigenvalue weighted by Gasteiger charge is -2.17. The van der Waals surface area contributed by atoms with Crippen LogP contribution in [0.25, 0.3) is 0 Å². The van der Waals surface area contributed by atoms with Crippen molar-refractivity contribution < 1.29 is 9.47 Å². The molecule has 0 saturated heterocycles. The summed E-state index contributed by atoms with van der Waals surface area (Å²) in [5.74, 6) is 1.52. The minimum Gasteiger partial charge on any atom is -0.490 e. The van der Waals surface area contributed by atoms with Crippen LogP contribution in [0.5, 0.6) is 11.5 Å². The summed E-state index contributed by atoms with van der Waals surface area (Å²) >= 11 is 3.53. The van der Waals surface area contributed by atoms with Gasteiger partial charge in [-0.3, -0.25) is 0 Å². The summed E-state index contributed by atoms with van der Waals surface area (Å²) in [7, 11) is 0. The van der Waals surface area contributed by atoms with Gasteiger partial charge in [0.1, 0.15) is 0 Å². The number of rotatable bonds is 6. The van der Waals surface area contributed by atoms with Gasteiger partial charge < -0.3 is 15.2 Å². The van der Waals surface area contributed by atoms with E-state index in [9.17, 15) is 0 Å². The number of benzene rings is 1. The van der Waals surface area contributed by atoms with Crippen molar-refractivity contribution >= 4 is 15.9 Å². The van der Waals surface area contributed by atoms with Crippen molar-refractivity contribution in [2.75, 3.05) is 13.2 Å². The van der Waals surface area contributed by atoms with Gasteiger partial charge in [0.2, 0.25) is 0 Å². The average molecular weight is 302 g/mol. The Morgan fingerprint density at radius 1 is 1.12 bits per heavy atom. The van der Waals surface area contributed by atoms with E-state index in [4.69, 9.17) is 15.2 Å². The highest BCUT2D eigenvalue weighted by molar-refractivity contribution is 9.10. The SMILES string of the molecule is CCOc1cc(Br)c([C@@H](N)CC)cc1OCC. The first-order valence-electron chi connectivity index (χ1n) is 5.98. The van der Waals surface area contributed by atoms with E-state index in [0.717, 1.165) is 28.0 Å². The summed E-state index contributed by atoms with van der Waals surface area (Å²) < 4.78 is 12.1. The molecule has 0 heterocycles. The number of halogens is 1. The van der Waals surface area contributed by atoms with Gasteiger partial charge in [0, 0.05) is 10.5 Å². The van der Waals surface area contributed by atoms with Gasteiger partial charge in [0.25, 0.3) is 0 Å². The second-order valence-electron chi connectivity index (χ2n) is 3.70. The Hall–Kier alpha value is -0.740. The Kier molecular flexibility index (Phi) is 5.78. The highest BCUT2D eigenvalue weighted by Crippen LogP contribution is 2.36. The Morgan fingerprint density at radius 2 is 1.65 bits per heavy atom. The molecule has 4 heteroatoms. The molecule has 0 spiro atoms. The van der Waals surface area contributed by atoms with Crippen LogP contribution in [-0.4, -0.2) is 13.2 Å². The normalized spacial score (nSPS) is 12.3. The third kappa shape index (κ3) is 3.61. The molecule has 1 aromatic carbocycles. The summed E-state index contributed by atoms with van der Waals surface area (Å²) in [6.07, 6.45) is 0.887. The minimum absolute atomic E-state index is 0.0132. The predicted molar refractivity (Wildman–Crippen MR) is 73.7 cm³/mol. The minimum atomic E-state index is 0.0132. The van der Waals surface area contributed by atoms with Crippen LogP contribution in [0.1, 0.15) is 38.8 Å². The van der Waals surface area contributed by atoms with Gasteiger partial charge in [-0.1, -0.05) is 22.9 Å². The van der Waals surface area contributed by atoms with Gasteiger partial charge in [-0.15, -0.1) is 0 Å². The molecular formula is C13H20BrNO2. The molecule has 0 aliphatic heterocycles. The number of ether oxygens (including phenoxy) is 2. The van der Waals surface area contributed by atoms with E-state index < -0.39 is 0 Å². The molecule has 0 bridgehead atoms. The molecule has 96 valence electrons. The van der Waals surface area contributed by atoms with Crippen molar-refractivity contribution in [3.8, 4) is 11.5 Å². The Balaban J connectivity index is 3.14. The second kappa shape index (κ2) is 6.87. The topological polar surface area (TPSA) is 44.5 Å². The monoisotopic (exact) mass is 301 g/mol. The first-order chi connectivity index (χ1) is 8.13. The van der Waals surface area contributed by atoms with Gasteiger partial charge in [-0.25, -0.2) is 0 Å². The first kappa shape index (κ1) is 14.3. The molecule has 0 saturated carbocycles. The molecule has 0 aliphatic carbocycles. The smallest absolute Gasteiger partial charge is 0.162 e. The second-order valence-corrected chi connectivity index (χ2v) is 4.56. The van der Waals surface area contributed by atoms with Gasteiger partial charge in [-0.05, 0) is 38.0 Å². The summed E-state index contributed by atoms with van der Waals surface area (Å²) in [6, 6.07) is 3.91. The molecule has 0 radical (unpaired) electrons. The fraction of sp³-hybridized carbons (Fsp3) is 0.538. The molecule has 0 amide bonds. The maximum atomic E-state index is 6.06. The highest BCUT2D eigenvalue weighted by Gasteiger charge is 2.14. The van der Waals surface area contributed by atoms with Crippen molar-refractivity contribution in [3.05, 3.63) is 22.2 Å². The summed E-state index contributed by atoms with van der Waals surface area (Å²) in [5, 5.41) is 0. The molecule has 3 nitrogen and oxygen atoms in total. The van der Waals surface area contributed by atoms with Gasteiger partial charge >= 0.3 is 0 Å². The predicted octanol–water partition coefficient (Wildman–Crippen LogP) is 3.66. The fourth-order valence-corrected chi connectivity index (χ4v) is 2.21. The van der Waals surface area contributed by atoms with Crippen LogP contribution in [0.15, 0.2) is 16.6 Å². The zero-order valence-electron chi connectivity index (χ0n) is 10.6. The van der Waals surface area contributed by atoms with Crippen molar-refractivity contribution in [1.29, 1.82) is 0 Å². The molecule has 0 unspecified atom stereocenters. The van der Waals surface area contributed by atoms with Gasteiger partial charge in [-0.2, -0.15) is 0 Å². The molecule has 0 aromatic heterocycles. The van der Waals surface area contributed by atoms with E-state index in [-0.39, 0.29) is 6.04 Å². The van der Waals surface area contributed by atoms with E-state index in [1.807, 2.05) is 26.0 Å². The van der Waals surface area contributed by atoms with Gasteiger partial charge in [0.15, 0.2) is 11.5 Å². The molecule has 2 N–H and O–H groups in total. The lowest BCUT2D eigenvalue weighted by atomic mass is 10.0. The van der Waals surface area contributed by atoms with Crippen LogP contribution < -0.4 is 15.2 Å². The van der Waals surface area contributed by atoms with Crippen molar-refractivity contribution in [3.63, 3.8) is 0 Å². The summed E-state index contributed by atoms with van der Waals surface area (Å²) in [6.45, 7) is 7.20. The van der Waals surface area contributed by atoms with Crippen LogP contribution in [-0.2, 0) is 0 Å². The molecular weight excluding hydrogens is 282 g/mol. The maximum Gasteiger partial charge on any atom is 0.162 e. The van der Waals surface area contributed by atoms with Crippen molar-refractivity contribution in [1.82, 2.24) is 0 Å². The standard InChI is InChI=1S/C13H20BrNO2/c1-4-11(15)9-7-12(16-5-2)13(17-6-3)8-10(9)14/h7-8,11H,4-6,15H2,1-3H3/t11-/m0/s1. The number of hydrogen-bond donors (Lipinski definition) is 1. The third-order valence-corrected chi connectivity index (χ3v) is 3.19. The molecule has 1 aromatic rings. The van der Waals surface area contributed by atoms with E-state index in [1.165, 1.54) is 0 Å². The molecule has 0 fully saturated rings. The Labute approximate surface area is 111 Å². The maximum absolute atomic E-state index is 6.06. The summed E-state index contributed by atoms with van der Waals surface area (Å²) in [4.78, 5) is 0.